The van der Waals surface area contributed by atoms with Crippen LogP contribution in [0.4, 0.5) is 14.6 Å². The average molecular weight is 385 g/mol. The van der Waals surface area contributed by atoms with Crippen LogP contribution in [-0.2, 0) is 4.79 Å². The molecule has 1 amide bonds. The van der Waals surface area contributed by atoms with Gasteiger partial charge in [-0.3, -0.25) is 9.59 Å². The van der Waals surface area contributed by atoms with Crippen LogP contribution in [0.15, 0.2) is 30.6 Å². The number of aromatic nitrogens is 2. The molecule has 0 spiro atoms. The summed E-state index contributed by atoms with van der Waals surface area (Å²) in [7, 11) is 0. The Kier molecular flexibility index (Phi) is 4.14. The van der Waals surface area contributed by atoms with E-state index in [-0.39, 0.29) is 23.2 Å². The zero-order valence-electron chi connectivity index (χ0n) is 14.3. The molecule has 9 heteroatoms. The van der Waals surface area contributed by atoms with Gasteiger partial charge in [0.2, 0.25) is 11.7 Å². The Morgan fingerprint density at radius 3 is 2.46 bits per heavy atom. The number of hydrogen-bond donors (Lipinski definition) is 3. The van der Waals surface area contributed by atoms with Crippen molar-refractivity contribution >= 4 is 34.4 Å². The van der Waals surface area contributed by atoms with Crippen LogP contribution in [0.2, 0.25) is 0 Å². The maximum absolute atomic E-state index is 14.3. The van der Waals surface area contributed by atoms with Crippen molar-refractivity contribution in [2.75, 3.05) is 5.32 Å². The fourth-order valence-corrected chi connectivity index (χ4v) is 2.95. The number of anilines is 1. The van der Waals surface area contributed by atoms with Gasteiger partial charge in [-0.05, 0) is 31.0 Å². The Bertz CT molecular complexity index is 1130. The molecule has 3 aromatic rings. The van der Waals surface area contributed by atoms with Crippen molar-refractivity contribution in [3.05, 3.63) is 58.9 Å². The van der Waals surface area contributed by atoms with Gasteiger partial charge in [0.05, 0.1) is 16.6 Å². The number of carboxylic acids is 1. The van der Waals surface area contributed by atoms with E-state index >= 15 is 0 Å². The smallest absolute Gasteiger partial charge is 0.335 e. The molecule has 0 atom stereocenters. The number of aromatic carboxylic acids is 1. The van der Waals surface area contributed by atoms with Gasteiger partial charge in [-0.15, -0.1) is 0 Å². The zero-order valence-corrected chi connectivity index (χ0v) is 14.3. The minimum Gasteiger partial charge on any atom is -0.478 e. The first-order valence-corrected chi connectivity index (χ1v) is 8.40. The van der Waals surface area contributed by atoms with E-state index in [9.17, 15) is 23.2 Å². The first-order valence-electron chi connectivity index (χ1n) is 8.40. The van der Waals surface area contributed by atoms with Crippen LogP contribution in [-0.4, -0.2) is 32.7 Å². The van der Waals surface area contributed by atoms with Crippen molar-refractivity contribution in [2.45, 2.75) is 12.8 Å². The molecular weight excluding hydrogens is 372 g/mol. The molecule has 0 unspecified atom stereocenters. The SMILES string of the molecule is O=C(O)c1cc(F)c(C(=O)c2c[nH]c3c(NC(=O)C4CC4)nccc23)c(F)c1. The lowest BCUT2D eigenvalue weighted by molar-refractivity contribution is -0.117. The molecule has 1 aromatic carbocycles. The van der Waals surface area contributed by atoms with Crippen LogP contribution in [0.3, 0.4) is 0 Å². The molecule has 2 heterocycles. The Labute approximate surface area is 156 Å². The molecule has 1 saturated carbocycles. The summed E-state index contributed by atoms with van der Waals surface area (Å²) in [5, 5.41) is 11.9. The quantitative estimate of drug-likeness (QED) is 0.584. The number of nitrogens with zero attached hydrogens (tertiary/aromatic N) is 1. The largest absolute Gasteiger partial charge is 0.478 e. The number of carbonyl (C=O) groups is 3. The Morgan fingerprint density at radius 2 is 1.86 bits per heavy atom. The molecule has 0 aliphatic heterocycles. The van der Waals surface area contributed by atoms with Crippen LogP contribution in [0.1, 0.15) is 39.1 Å². The molecule has 0 radical (unpaired) electrons. The summed E-state index contributed by atoms with van der Waals surface area (Å²) in [4.78, 5) is 42.5. The molecule has 142 valence electrons. The van der Waals surface area contributed by atoms with Crippen molar-refractivity contribution in [3.8, 4) is 0 Å². The second-order valence-electron chi connectivity index (χ2n) is 6.50. The van der Waals surface area contributed by atoms with Gasteiger partial charge in [-0.2, -0.15) is 0 Å². The second kappa shape index (κ2) is 6.52. The second-order valence-corrected chi connectivity index (χ2v) is 6.50. The number of aromatic amines is 1. The number of halogens is 2. The molecule has 2 aromatic heterocycles. The Balaban J connectivity index is 1.74. The number of ketones is 1. The maximum Gasteiger partial charge on any atom is 0.335 e. The summed E-state index contributed by atoms with van der Waals surface area (Å²) >= 11 is 0. The highest BCUT2D eigenvalue weighted by Crippen LogP contribution is 2.32. The summed E-state index contributed by atoms with van der Waals surface area (Å²) in [6.07, 6.45) is 4.25. The van der Waals surface area contributed by atoms with Gasteiger partial charge in [0.15, 0.2) is 5.82 Å². The number of fused-ring (bicyclic) bond motifs is 1. The highest BCUT2D eigenvalue weighted by molar-refractivity contribution is 6.18. The molecule has 3 N–H and O–H groups in total. The Hall–Kier alpha value is -3.62. The zero-order chi connectivity index (χ0) is 20.0. The van der Waals surface area contributed by atoms with Crippen molar-refractivity contribution in [3.63, 3.8) is 0 Å². The number of rotatable bonds is 5. The third-order valence-corrected chi connectivity index (χ3v) is 4.55. The Morgan fingerprint density at radius 1 is 1.18 bits per heavy atom. The predicted molar refractivity (Wildman–Crippen MR) is 94.2 cm³/mol. The number of carboxylic acid groups (broad SMARTS) is 1. The van der Waals surface area contributed by atoms with E-state index in [1.54, 1.807) is 0 Å². The van der Waals surface area contributed by atoms with E-state index in [1.807, 2.05) is 0 Å². The molecule has 1 aliphatic rings. The standard InChI is InChI=1S/C19H13F2N3O4/c20-12-5-9(19(27)28)6-13(21)14(12)16(25)11-7-23-15-10(11)3-4-22-17(15)24-18(26)8-1-2-8/h3-8,23H,1-2H2,(H,27,28)(H,22,24,26). The van der Waals surface area contributed by atoms with Gasteiger partial charge in [0.25, 0.3) is 0 Å². The van der Waals surface area contributed by atoms with Gasteiger partial charge in [0.1, 0.15) is 11.6 Å². The van der Waals surface area contributed by atoms with Gasteiger partial charge >= 0.3 is 5.97 Å². The van der Waals surface area contributed by atoms with Crippen LogP contribution in [0, 0.1) is 17.6 Å². The van der Waals surface area contributed by atoms with E-state index in [1.165, 1.54) is 18.5 Å². The summed E-state index contributed by atoms with van der Waals surface area (Å²) in [6, 6.07) is 2.67. The van der Waals surface area contributed by atoms with Gasteiger partial charge in [-0.25, -0.2) is 18.6 Å². The van der Waals surface area contributed by atoms with E-state index in [4.69, 9.17) is 5.11 Å². The van der Waals surface area contributed by atoms with Crippen LogP contribution >= 0.6 is 0 Å². The molecular formula is C19H13F2N3O4. The topological polar surface area (TPSA) is 112 Å². The molecule has 1 fully saturated rings. The normalized spacial score (nSPS) is 13.5. The number of pyridine rings is 1. The monoisotopic (exact) mass is 385 g/mol. The lowest BCUT2D eigenvalue weighted by Crippen LogP contribution is -2.14. The number of nitrogens with one attached hydrogen (secondary N) is 2. The van der Waals surface area contributed by atoms with Crippen molar-refractivity contribution in [1.82, 2.24) is 9.97 Å². The fourth-order valence-electron chi connectivity index (χ4n) is 2.95. The van der Waals surface area contributed by atoms with Crippen LogP contribution in [0.25, 0.3) is 10.9 Å². The first kappa shape index (κ1) is 17.8. The third-order valence-electron chi connectivity index (χ3n) is 4.55. The fraction of sp³-hybridized carbons (Fsp3) is 0.158. The van der Waals surface area contributed by atoms with E-state index < -0.39 is 34.5 Å². The number of benzene rings is 1. The molecule has 1 aliphatic carbocycles. The van der Waals surface area contributed by atoms with Gasteiger partial charge in [-0.1, -0.05) is 0 Å². The third kappa shape index (κ3) is 3.00. The number of H-pyrrole nitrogens is 1. The first-order chi connectivity index (χ1) is 13.4. The van der Waals surface area contributed by atoms with Crippen LogP contribution < -0.4 is 5.32 Å². The van der Waals surface area contributed by atoms with E-state index in [0.29, 0.717) is 23.0 Å². The predicted octanol–water partition coefficient (Wildman–Crippen LogP) is 3.12. The number of carbonyl (C=O) groups excluding carboxylic acids is 2. The maximum atomic E-state index is 14.3. The average Bonchev–Trinajstić information content (AvgIpc) is 3.40. The van der Waals surface area contributed by atoms with Crippen molar-refractivity contribution in [1.29, 1.82) is 0 Å². The molecule has 4 rings (SSSR count). The summed E-state index contributed by atoms with van der Waals surface area (Å²) in [5.74, 6) is -5.01. The highest BCUT2D eigenvalue weighted by Gasteiger charge is 2.30. The highest BCUT2D eigenvalue weighted by atomic mass is 19.1. The van der Waals surface area contributed by atoms with Crippen LogP contribution in [0.5, 0.6) is 0 Å². The molecule has 7 nitrogen and oxygen atoms in total. The summed E-state index contributed by atoms with van der Waals surface area (Å²) in [5.41, 5.74) is -1.13. The molecule has 28 heavy (non-hydrogen) atoms. The molecule has 0 saturated heterocycles. The van der Waals surface area contributed by atoms with Gasteiger partial charge in [0, 0.05) is 29.3 Å². The summed E-state index contributed by atoms with van der Waals surface area (Å²) < 4.78 is 28.5. The lowest BCUT2D eigenvalue weighted by atomic mass is 10.0. The van der Waals surface area contributed by atoms with E-state index in [2.05, 4.69) is 15.3 Å². The van der Waals surface area contributed by atoms with Gasteiger partial charge < -0.3 is 15.4 Å². The lowest BCUT2D eigenvalue weighted by Gasteiger charge is -2.06. The summed E-state index contributed by atoms with van der Waals surface area (Å²) in [6.45, 7) is 0. The van der Waals surface area contributed by atoms with E-state index in [0.717, 1.165) is 12.8 Å². The number of amides is 1. The number of hydrogen-bond acceptors (Lipinski definition) is 4. The minimum absolute atomic E-state index is 0.0276. The minimum atomic E-state index is -1.51. The molecule has 0 bridgehead atoms. The van der Waals surface area contributed by atoms with Crippen molar-refractivity contribution < 1.29 is 28.3 Å². The van der Waals surface area contributed by atoms with Crippen molar-refractivity contribution in [2.24, 2.45) is 5.92 Å².